The molecule has 0 spiro atoms. The third kappa shape index (κ3) is 3.97. The molecule has 2 aliphatic rings. The van der Waals surface area contributed by atoms with Crippen LogP contribution in [0.5, 0.6) is 5.75 Å². The number of nitrogens with two attached hydrogens (primary N) is 1. The lowest BCUT2D eigenvalue weighted by Crippen LogP contribution is -2.50. The number of aromatic hydroxyl groups is 1. The number of phenols is 1. The zero-order valence-corrected chi connectivity index (χ0v) is 24.7. The zero-order chi connectivity index (χ0) is 30.9. The molecule has 3 aromatic heterocycles. The van der Waals surface area contributed by atoms with E-state index < -0.39 is 23.6 Å². The van der Waals surface area contributed by atoms with Crippen molar-refractivity contribution in [1.29, 1.82) is 0 Å². The van der Waals surface area contributed by atoms with Gasteiger partial charge in [-0.1, -0.05) is 32.0 Å². The van der Waals surface area contributed by atoms with Gasteiger partial charge in [0.2, 0.25) is 5.60 Å². The molecule has 10 heteroatoms. The lowest BCUT2D eigenvalue weighted by Gasteiger charge is -2.36. The topological polar surface area (TPSA) is 139 Å². The van der Waals surface area contributed by atoms with E-state index in [1.807, 2.05) is 49.0 Å². The molecule has 44 heavy (non-hydrogen) atoms. The quantitative estimate of drug-likeness (QED) is 0.277. The Morgan fingerprint density at radius 3 is 2.70 bits per heavy atom. The van der Waals surface area contributed by atoms with Crippen LogP contribution in [0, 0.1) is 0 Å². The number of esters is 2. The number of hydrogen-bond acceptors (Lipinski definition) is 8. The molecule has 7 rings (SSSR count). The Kier molecular flexibility index (Phi) is 6.36. The highest BCUT2D eigenvalue weighted by Crippen LogP contribution is 2.42. The fourth-order valence-corrected chi connectivity index (χ4v) is 6.87. The Hall–Kier alpha value is -4.96. The molecular formula is C34H32N4O6. The van der Waals surface area contributed by atoms with Gasteiger partial charge in [-0.15, -0.1) is 0 Å². The summed E-state index contributed by atoms with van der Waals surface area (Å²) >= 11 is 0. The highest BCUT2D eigenvalue weighted by atomic mass is 16.6. The normalized spacial score (nSPS) is 17.7. The molecule has 0 saturated carbocycles. The van der Waals surface area contributed by atoms with Gasteiger partial charge in [-0.25, -0.2) is 9.78 Å². The first kappa shape index (κ1) is 27.8. The van der Waals surface area contributed by atoms with Crippen LogP contribution in [0.3, 0.4) is 0 Å². The Bertz CT molecular complexity index is 2090. The highest BCUT2D eigenvalue weighted by Gasteiger charge is 2.51. The molecule has 0 bridgehead atoms. The zero-order valence-electron chi connectivity index (χ0n) is 24.7. The van der Waals surface area contributed by atoms with Gasteiger partial charge in [-0.2, -0.15) is 0 Å². The molecule has 0 unspecified atom stereocenters. The van der Waals surface area contributed by atoms with Crippen molar-refractivity contribution in [3.05, 3.63) is 92.9 Å². The van der Waals surface area contributed by atoms with Gasteiger partial charge >= 0.3 is 11.9 Å². The number of rotatable bonds is 6. The number of carbonyl (C=O) groups is 2. The minimum atomic E-state index is -1.84. The number of pyridine rings is 2. The van der Waals surface area contributed by atoms with E-state index in [9.17, 15) is 19.5 Å². The Balaban J connectivity index is 1.30. The molecule has 0 amide bonds. The molecule has 224 valence electrons. The molecule has 2 atom stereocenters. The molecule has 0 radical (unpaired) electrons. The van der Waals surface area contributed by atoms with Crippen molar-refractivity contribution >= 4 is 33.7 Å². The van der Waals surface area contributed by atoms with Gasteiger partial charge in [0.05, 0.1) is 29.0 Å². The van der Waals surface area contributed by atoms with Gasteiger partial charge in [0, 0.05) is 47.1 Å². The molecule has 0 fully saturated rings. The minimum Gasteiger partial charge on any atom is -0.508 e. The first-order valence-corrected chi connectivity index (χ1v) is 14.8. The lowest BCUT2D eigenvalue weighted by molar-refractivity contribution is -0.190. The summed E-state index contributed by atoms with van der Waals surface area (Å²) in [4.78, 5) is 45.9. The predicted octanol–water partition coefficient (Wildman–Crippen LogP) is 3.96. The highest BCUT2D eigenvalue weighted by molar-refractivity contribution is 5.91. The maximum absolute atomic E-state index is 14.0. The number of aryl methyl sites for hydroxylation is 2. The molecule has 3 N–H and O–H groups in total. The number of fused-ring (bicyclic) bond motifs is 6. The van der Waals surface area contributed by atoms with Gasteiger partial charge in [-0.05, 0) is 54.3 Å². The van der Waals surface area contributed by atoms with E-state index >= 15 is 0 Å². The fraction of sp³-hybridized carbons (Fsp3) is 0.294. The summed E-state index contributed by atoms with van der Waals surface area (Å²) in [5.74, 6) is -1.36. The van der Waals surface area contributed by atoms with Gasteiger partial charge in [0.1, 0.15) is 18.4 Å². The van der Waals surface area contributed by atoms with Crippen LogP contribution in [0.15, 0.2) is 59.5 Å². The summed E-state index contributed by atoms with van der Waals surface area (Å²) < 4.78 is 15.1. The first-order valence-electron chi connectivity index (χ1n) is 14.8. The van der Waals surface area contributed by atoms with Crippen molar-refractivity contribution in [3.8, 4) is 17.1 Å². The molecule has 5 aromatic rings. The third-order valence-corrected chi connectivity index (χ3v) is 9.11. The van der Waals surface area contributed by atoms with Crippen molar-refractivity contribution in [1.82, 2.24) is 14.1 Å². The van der Waals surface area contributed by atoms with E-state index in [0.29, 0.717) is 35.4 Å². The number of carbonyl (C=O) groups excluding carboxylic acids is 2. The molecule has 0 saturated heterocycles. The largest absolute Gasteiger partial charge is 0.508 e. The standard InChI is InChI=1S/C34H32N4O6/c1-4-20-22-13-19(39)10-11-27(22)36-30-23(20)16-38-29(30)14-25-24(31(38)40)17-43-33(42)34(25,5-2)44-32(41)26(35)12-18-15-37(3)28-9-7-6-8-21(18)28/h6-11,13-15,26,39H,4-5,12,16-17,35H2,1-3H3/t26-,34+/m1/s1. The average Bonchev–Trinajstić information content (AvgIpc) is 3.54. The Morgan fingerprint density at radius 2 is 1.93 bits per heavy atom. The Labute approximate surface area is 252 Å². The van der Waals surface area contributed by atoms with E-state index in [1.54, 1.807) is 35.8 Å². The molecule has 2 aliphatic heterocycles. The summed E-state index contributed by atoms with van der Waals surface area (Å²) in [5.41, 5.74) is 10.4. The van der Waals surface area contributed by atoms with Crippen molar-refractivity contribution in [2.75, 3.05) is 0 Å². The number of phenolic OH excluding ortho intramolecular Hbond substituents is 1. The third-order valence-electron chi connectivity index (χ3n) is 9.11. The van der Waals surface area contributed by atoms with Crippen LogP contribution in [0.4, 0.5) is 0 Å². The number of nitrogens with zero attached hydrogens (tertiary/aromatic N) is 3. The second-order valence-electron chi connectivity index (χ2n) is 11.6. The predicted molar refractivity (Wildman–Crippen MR) is 164 cm³/mol. The number of cyclic esters (lactones) is 1. The van der Waals surface area contributed by atoms with Crippen LogP contribution in [-0.2, 0) is 57.7 Å². The fourth-order valence-electron chi connectivity index (χ4n) is 6.87. The molecular weight excluding hydrogens is 560 g/mol. The number of hydrogen-bond donors (Lipinski definition) is 2. The van der Waals surface area contributed by atoms with E-state index in [2.05, 4.69) is 0 Å². The number of para-hydroxylation sites is 1. The van der Waals surface area contributed by atoms with Gasteiger partial charge in [-0.3, -0.25) is 9.59 Å². The van der Waals surface area contributed by atoms with Crippen molar-refractivity contribution in [3.63, 3.8) is 0 Å². The number of aromatic nitrogens is 3. The van der Waals surface area contributed by atoms with Crippen LogP contribution >= 0.6 is 0 Å². The Morgan fingerprint density at radius 1 is 1.14 bits per heavy atom. The second-order valence-corrected chi connectivity index (χ2v) is 11.6. The number of ether oxygens (including phenoxy) is 2. The van der Waals surface area contributed by atoms with Crippen molar-refractivity contribution < 1.29 is 24.2 Å². The maximum Gasteiger partial charge on any atom is 0.355 e. The van der Waals surface area contributed by atoms with Crippen LogP contribution in [-0.4, -0.2) is 37.2 Å². The smallest absolute Gasteiger partial charge is 0.355 e. The summed E-state index contributed by atoms with van der Waals surface area (Å²) in [6.07, 6.45) is 2.85. The second kappa shape index (κ2) is 10.1. The lowest BCUT2D eigenvalue weighted by atomic mass is 9.85. The first-order chi connectivity index (χ1) is 21.2. The van der Waals surface area contributed by atoms with E-state index in [4.69, 9.17) is 20.2 Å². The summed E-state index contributed by atoms with van der Waals surface area (Å²) in [6.45, 7) is 3.80. The van der Waals surface area contributed by atoms with Crippen LogP contribution in [0.1, 0.15) is 48.1 Å². The average molecular weight is 593 g/mol. The van der Waals surface area contributed by atoms with Crippen molar-refractivity contribution in [2.24, 2.45) is 12.8 Å². The van der Waals surface area contributed by atoms with E-state index in [-0.39, 0.29) is 36.3 Å². The molecule has 10 nitrogen and oxygen atoms in total. The monoisotopic (exact) mass is 592 g/mol. The summed E-state index contributed by atoms with van der Waals surface area (Å²) in [7, 11) is 1.93. The summed E-state index contributed by atoms with van der Waals surface area (Å²) in [5, 5.41) is 11.9. The molecule has 0 aliphatic carbocycles. The summed E-state index contributed by atoms with van der Waals surface area (Å²) in [6, 6.07) is 13.5. The van der Waals surface area contributed by atoms with Crippen LogP contribution in [0.2, 0.25) is 0 Å². The van der Waals surface area contributed by atoms with Gasteiger partial charge in [0.25, 0.3) is 5.56 Å². The SMILES string of the molecule is CCc1c2c(nc3ccc(O)cc13)-c1cc3c(c(=O)n1C2)COC(=O)[C@@]3(CC)OC(=O)[C@H](N)Cc1cn(C)c2ccccc12. The van der Waals surface area contributed by atoms with Gasteiger partial charge < -0.3 is 29.4 Å². The van der Waals surface area contributed by atoms with Gasteiger partial charge in [0.15, 0.2) is 0 Å². The van der Waals surface area contributed by atoms with E-state index in [1.165, 1.54) is 0 Å². The van der Waals surface area contributed by atoms with E-state index in [0.717, 1.165) is 33.0 Å². The van der Waals surface area contributed by atoms with Crippen LogP contribution < -0.4 is 11.3 Å². The maximum atomic E-state index is 14.0. The number of benzene rings is 2. The van der Waals surface area contributed by atoms with Crippen LogP contribution in [0.25, 0.3) is 33.2 Å². The molecule has 2 aromatic carbocycles. The molecule has 5 heterocycles. The minimum absolute atomic E-state index is 0.0476. The van der Waals surface area contributed by atoms with Crippen molar-refractivity contribution in [2.45, 2.75) is 57.9 Å².